The summed E-state index contributed by atoms with van der Waals surface area (Å²) in [6, 6.07) is 16.8. The Kier molecular flexibility index (Phi) is 5.17. The zero-order valence-electron chi connectivity index (χ0n) is 12.0. The average molecular weight is 299 g/mol. The molecular formula is C17H17NO2S. The SMILES string of the molecule is CC(=O)c1ccccc1NC(=O)C(C)Sc1ccccc1. The molecule has 0 fully saturated rings. The number of thioether (sulfide) groups is 1. The maximum Gasteiger partial charge on any atom is 0.237 e. The average Bonchev–Trinajstić information content (AvgIpc) is 2.48. The second kappa shape index (κ2) is 7.09. The van der Waals surface area contributed by atoms with Crippen LogP contribution in [0.15, 0.2) is 59.5 Å². The van der Waals surface area contributed by atoms with Crippen molar-refractivity contribution in [1.82, 2.24) is 0 Å². The van der Waals surface area contributed by atoms with Crippen molar-refractivity contribution in [3.05, 3.63) is 60.2 Å². The molecular weight excluding hydrogens is 282 g/mol. The summed E-state index contributed by atoms with van der Waals surface area (Å²) in [5, 5.41) is 2.59. The number of para-hydroxylation sites is 1. The van der Waals surface area contributed by atoms with Gasteiger partial charge in [-0.1, -0.05) is 30.3 Å². The number of nitrogens with one attached hydrogen (secondary N) is 1. The van der Waals surface area contributed by atoms with Gasteiger partial charge in [-0.3, -0.25) is 9.59 Å². The number of carbonyl (C=O) groups excluding carboxylic acids is 2. The Hall–Kier alpha value is -2.07. The molecule has 108 valence electrons. The molecule has 0 saturated carbocycles. The third-order valence-electron chi connectivity index (χ3n) is 2.99. The summed E-state index contributed by atoms with van der Waals surface area (Å²) in [7, 11) is 0. The van der Waals surface area contributed by atoms with E-state index in [1.165, 1.54) is 18.7 Å². The van der Waals surface area contributed by atoms with Gasteiger partial charge in [-0.05, 0) is 38.1 Å². The highest BCUT2D eigenvalue weighted by Crippen LogP contribution is 2.24. The van der Waals surface area contributed by atoms with Crippen LogP contribution >= 0.6 is 11.8 Å². The molecule has 0 bridgehead atoms. The van der Waals surface area contributed by atoms with Crippen molar-refractivity contribution >= 4 is 29.1 Å². The van der Waals surface area contributed by atoms with Gasteiger partial charge >= 0.3 is 0 Å². The van der Waals surface area contributed by atoms with Crippen molar-refractivity contribution in [2.75, 3.05) is 5.32 Å². The van der Waals surface area contributed by atoms with E-state index in [-0.39, 0.29) is 16.9 Å². The highest BCUT2D eigenvalue weighted by atomic mass is 32.2. The van der Waals surface area contributed by atoms with Gasteiger partial charge in [-0.25, -0.2) is 0 Å². The Morgan fingerprint density at radius 3 is 2.29 bits per heavy atom. The molecule has 0 heterocycles. The molecule has 0 aromatic heterocycles. The maximum atomic E-state index is 12.2. The molecule has 0 radical (unpaired) electrons. The van der Waals surface area contributed by atoms with Gasteiger partial charge in [0.15, 0.2) is 5.78 Å². The molecule has 4 heteroatoms. The molecule has 0 aliphatic carbocycles. The predicted molar refractivity (Wildman–Crippen MR) is 86.8 cm³/mol. The standard InChI is InChI=1S/C17H17NO2S/c1-12(19)15-10-6-7-11-16(15)18-17(20)13(2)21-14-8-4-3-5-9-14/h3-11,13H,1-2H3,(H,18,20). The van der Waals surface area contributed by atoms with E-state index < -0.39 is 0 Å². The van der Waals surface area contributed by atoms with Crippen LogP contribution in [0.4, 0.5) is 5.69 Å². The van der Waals surface area contributed by atoms with Crippen molar-refractivity contribution in [3.63, 3.8) is 0 Å². The van der Waals surface area contributed by atoms with Crippen LogP contribution in [-0.4, -0.2) is 16.9 Å². The number of carbonyl (C=O) groups is 2. The van der Waals surface area contributed by atoms with Crippen LogP contribution in [0.3, 0.4) is 0 Å². The molecule has 1 unspecified atom stereocenters. The first-order chi connectivity index (χ1) is 10.1. The third-order valence-corrected chi connectivity index (χ3v) is 4.10. The summed E-state index contributed by atoms with van der Waals surface area (Å²) in [5.74, 6) is -0.174. The lowest BCUT2D eigenvalue weighted by atomic mass is 10.1. The van der Waals surface area contributed by atoms with Crippen molar-refractivity contribution in [1.29, 1.82) is 0 Å². The maximum absolute atomic E-state index is 12.2. The number of anilines is 1. The topological polar surface area (TPSA) is 46.2 Å². The summed E-state index contributed by atoms with van der Waals surface area (Å²) in [4.78, 5) is 24.8. The van der Waals surface area contributed by atoms with Gasteiger partial charge in [0.1, 0.15) is 0 Å². The summed E-state index contributed by atoms with van der Waals surface area (Å²) in [6.07, 6.45) is 0. The summed E-state index contributed by atoms with van der Waals surface area (Å²) in [5.41, 5.74) is 1.10. The number of benzene rings is 2. The zero-order chi connectivity index (χ0) is 15.2. The first-order valence-electron chi connectivity index (χ1n) is 6.70. The number of rotatable bonds is 5. The molecule has 0 aliphatic rings. The van der Waals surface area contributed by atoms with Crippen LogP contribution in [0.1, 0.15) is 24.2 Å². The minimum atomic E-state index is -0.243. The normalized spacial score (nSPS) is 11.7. The van der Waals surface area contributed by atoms with E-state index >= 15 is 0 Å². The van der Waals surface area contributed by atoms with Gasteiger partial charge in [-0.2, -0.15) is 0 Å². The minimum Gasteiger partial charge on any atom is -0.324 e. The first kappa shape index (κ1) is 15.3. The molecule has 0 aliphatic heterocycles. The number of hydrogen-bond acceptors (Lipinski definition) is 3. The first-order valence-corrected chi connectivity index (χ1v) is 7.58. The number of amides is 1. The lowest BCUT2D eigenvalue weighted by molar-refractivity contribution is -0.115. The lowest BCUT2D eigenvalue weighted by Crippen LogP contribution is -2.23. The molecule has 1 atom stereocenters. The quantitative estimate of drug-likeness (QED) is 0.670. The molecule has 2 aromatic rings. The highest BCUT2D eigenvalue weighted by Gasteiger charge is 2.16. The highest BCUT2D eigenvalue weighted by molar-refractivity contribution is 8.00. The zero-order valence-corrected chi connectivity index (χ0v) is 12.8. The predicted octanol–water partition coefficient (Wildman–Crippen LogP) is 4.01. The molecule has 3 nitrogen and oxygen atoms in total. The Balaban J connectivity index is 2.06. The van der Waals surface area contributed by atoms with Crippen LogP contribution in [-0.2, 0) is 4.79 Å². The van der Waals surface area contributed by atoms with E-state index in [0.29, 0.717) is 11.3 Å². The van der Waals surface area contributed by atoms with Gasteiger partial charge in [0.05, 0.1) is 10.9 Å². The van der Waals surface area contributed by atoms with Crippen LogP contribution in [0.2, 0.25) is 0 Å². The largest absolute Gasteiger partial charge is 0.324 e. The number of ketones is 1. The Labute approximate surface area is 128 Å². The monoisotopic (exact) mass is 299 g/mol. The minimum absolute atomic E-state index is 0.0609. The van der Waals surface area contributed by atoms with Gasteiger partial charge in [0.2, 0.25) is 5.91 Å². The van der Waals surface area contributed by atoms with Gasteiger partial charge in [0.25, 0.3) is 0 Å². The lowest BCUT2D eigenvalue weighted by Gasteiger charge is -2.13. The molecule has 0 spiro atoms. The van der Waals surface area contributed by atoms with Gasteiger partial charge < -0.3 is 5.32 Å². The smallest absolute Gasteiger partial charge is 0.237 e. The fourth-order valence-corrected chi connectivity index (χ4v) is 2.78. The van der Waals surface area contributed by atoms with Crippen molar-refractivity contribution in [2.24, 2.45) is 0 Å². The molecule has 21 heavy (non-hydrogen) atoms. The van der Waals surface area contributed by atoms with E-state index in [9.17, 15) is 9.59 Å². The summed E-state index contributed by atoms with van der Waals surface area (Å²) in [6.45, 7) is 3.34. The van der Waals surface area contributed by atoms with Crippen molar-refractivity contribution in [3.8, 4) is 0 Å². The molecule has 1 N–H and O–H groups in total. The Morgan fingerprint density at radius 1 is 1.00 bits per heavy atom. The van der Waals surface area contributed by atoms with Crippen molar-refractivity contribution in [2.45, 2.75) is 24.0 Å². The second-order valence-corrected chi connectivity index (χ2v) is 6.08. The molecule has 2 rings (SSSR count). The fourth-order valence-electron chi connectivity index (χ4n) is 1.89. The van der Waals surface area contributed by atoms with Crippen LogP contribution in [0.25, 0.3) is 0 Å². The number of Topliss-reactive ketones (excluding diaryl/α,β-unsaturated/α-hetero) is 1. The molecule has 0 saturated heterocycles. The van der Waals surface area contributed by atoms with E-state index in [0.717, 1.165) is 4.90 Å². The van der Waals surface area contributed by atoms with Crippen LogP contribution in [0.5, 0.6) is 0 Å². The Morgan fingerprint density at radius 2 is 1.62 bits per heavy atom. The Bertz CT molecular complexity index is 640. The molecule has 1 amide bonds. The second-order valence-electron chi connectivity index (χ2n) is 4.66. The third kappa shape index (κ3) is 4.20. The number of hydrogen-bond donors (Lipinski definition) is 1. The van der Waals surface area contributed by atoms with Crippen LogP contribution < -0.4 is 5.32 Å². The fraction of sp³-hybridized carbons (Fsp3) is 0.176. The summed E-state index contributed by atoms with van der Waals surface area (Å²) < 4.78 is 0. The van der Waals surface area contributed by atoms with Crippen LogP contribution in [0, 0.1) is 0 Å². The van der Waals surface area contributed by atoms with Crippen molar-refractivity contribution < 1.29 is 9.59 Å². The van der Waals surface area contributed by atoms with E-state index in [1.807, 2.05) is 37.3 Å². The van der Waals surface area contributed by atoms with Gasteiger partial charge in [-0.15, -0.1) is 11.8 Å². The van der Waals surface area contributed by atoms with E-state index in [4.69, 9.17) is 0 Å². The van der Waals surface area contributed by atoms with E-state index in [1.54, 1.807) is 24.3 Å². The summed E-state index contributed by atoms with van der Waals surface area (Å²) >= 11 is 1.49. The molecule has 2 aromatic carbocycles. The van der Waals surface area contributed by atoms with E-state index in [2.05, 4.69) is 5.32 Å². The van der Waals surface area contributed by atoms with Gasteiger partial charge in [0, 0.05) is 10.5 Å².